The molecule has 134 valence electrons. The van der Waals surface area contributed by atoms with Gasteiger partial charge in [0.2, 0.25) is 11.8 Å². The van der Waals surface area contributed by atoms with Crippen LogP contribution in [0.15, 0.2) is 30.5 Å². The van der Waals surface area contributed by atoms with E-state index >= 15 is 0 Å². The molecule has 4 heterocycles. The number of amides is 2. The Labute approximate surface area is 153 Å². The van der Waals surface area contributed by atoms with Gasteiger partial charge < -0.3 is 4.74 Å². The summed E-state index contributed by atoms with van der Waals surface area (Å²) in [6.45, 7) is 0.287. The Bertz CT molecular complexity index is 902. The first-order chi connectivity index (χ1) is 12.5. The van der Waals surface area contributed by atoms with E-state index in [0.717, 1.165) is 17.7 Å². The Balaban J connectivity index is 1.45. The number of fused-ring (bicyclic) bond motifs is 5. The lowest BCUT2D eigenvalue weighted by atomic mass is 9.81. The summed E-state index contributed by atoms with van der Waals surface area (Å²) in [4.78, 5) is 26.7. The lowest BCUT2D eigenvalue weighted by molar-refractivity contribution is -0.124. The minimum atomic E-state index is -0.425. The number of imide groups is 1. The zero-order valence-corrected chi connectivity index (χ0v) is 14.4. The SMILES string of the molecule is O=C1[C@@H]2[C@@H](C(=O)N1c1nn(Cc3cccc(F)c3)cc1Cl)[C@@H]1CC[C@@H]2O1. The van der Waals surface area contributed by atoms with E-state index < -0.39 is 11.8 Å². The number of anilines is 1. The Kier molecular flexibility index (Phi) is 3.45. The van der Waals surface area contributed by atoms with Gasteiger partial charge in [0.1, 0.15) is 10.8 Å². The molecule has 1 aromatic carbocycles. The van der Waals surface area contributed by atoms with Gasteiger partial charge in [0.25, 0.3) is 0 Å². The molecule has 2 bridgehead atoms. The highest BCUT2D eigenvalue weighted by atomic mass is 35.5. The molecule has 2 amide bonds. The molecule has 8 heteroatoms. The molecule has 0 N–H and O–H groups in total. The fourth-order valence-electron chi connectivity index (χ4n) is 4.36. The van der Waals surface area contributed by atoms with E-state index in [9.17, 15) is 14.0 Å². The molecule has 5 rings (SSSR count). The van der Waals surface area contributed by atoms with Crippen molar-refractivity contribution in [1.29, 1.82) is 0 Å². The molecule has 0 spiro atoms. The molecule has 3 saturated heterocycles. The predicted molar refractivity (Wildman–Crippen MR) is 90.1 cm³/mol. The Morgan fingerprint density at radius 2 is 1.88 bits per heavy atom. The standard InChI is InChI=1S/C18H15ClFN3O3/c19-11-8-22(7-9-2-1-3-10(20)6-9)21-16(11)23-17(24)14-12-4-5-13(26-12)15(14)18(23)25/h1-3,6,8,12-15H,4-5,7H2/t12-,13-,14-,15-/m0/s1. The Morgan fingerprint density at radius 1 is 1.19 bits per heavy atom. The van der Waals surface area contributed by atoms with Gasteiger partial charge in [-0.25, -0.2) is 9.29 Å². The van der Waals surface area contributed by atoms with Crippen LogP contribution in [0.2, 0.25) is 5.02 Å². The van der Waals surface area contributed by atoms with E-state index in [1.165, 1.54) is 16.8 Å². The molecule has 0 radical (unpaired) electrons. The largest absolute Gasteiger partial charge is 0.373 e. The first kappa shape index (κ1) is 16.0. The van der Waals surface area contributed by atoms with E-state index in [4.69, 9.17) is 16.3 Å². The van der Waals surface area contributed by atoms with Gasteiger partial charge in [-0.1, -0.05) is 23.7 Å². The van der Waals surface area contributed by atoms with E-state index in [-0.39, 0.29) is 47.2 Å². The predicted octanol–water partition coefficient (Wildman–Crippen LogP) is 2.39. The van der Waals surface area contributed by atoms with Crippen molar-refractivity contribution in [1.82, 2.24) is 9.78 Å². The first-order valence-corrected chi connectivity index (χ1v) is 8.91. The fourth-order valence-corrected chi connectivity index (χ4v) is 4.60. The third-order valence-corrected chi connectivity index (χ3v) is 5.70. The molecule has 6 nitrogen and oxygen atoms in total. The van der Waals surface area contributed by atoms with Crippen molar-refractivity contribution in [2.45, 2.75) is 31.6 Å². The third-order valence-electron chi connectivity index (χ3n) is 5.43. The number of ether oxygens (including phenoxy) is 1. The quantitative estimate of drug-likeness (QED) is 0.773. The van der Waals surface area contributed by atoms with Crippen LogP contribution in [0, 0.1) is 17.7 Å². The number of hydrogen-bond donors (Lipinski definition) is 0. The molecule has 3 aliphatic heterocycles. The molecule has 0 unspecified atom stereocenters. The summed E-state index contributed by atoms with van der Waals surface area (Å²) in [5, 5.41) is 4.54. The molecule has 3 fully saturated rings. The van der Waals surface area contributed by atoms with Crippen molar-refractivity contribution in [2.24, 2.45) is 11.8 Å². The number of carbonyl (C=O) groups is 2. The maximum atomic E-state index is 13.3. The molecule has 0 aliphatic carbocycles. The second kappa shape index (κ2) is 5.62. The minimum Gasteiger partial charge on any atom is -0.373 e. The second-order valence-electron chi connectivity index (χ2n) is 6.98. The van der Waals surface area contributed by atoms with Gasteiger partial charge >= 0.3 is 0 Å². The molecular formula is C18H15ClFN3O3. The highest BCUT2D eigenvalue weighted by Crippen LogP contribution is 2.49. The van der Waals surface area contributed by atoms with Crippen LogP contribution in [-0.2, 0) is 20.9 Å². The summed E-state index contributed by atoms with van der Waals surface area (Å²) in [5.41, 5.74) is 0.707. The van der Waals surface area contributed by atoms with Gasteiger partial charge in [0.15, 0.2) is 5.82 Å². The van der Waals surface area contributed by atoms with Crippen LogP contribution in [0.1, 0.15) is 18.4 Å². The third kappa shape index (κ3) is 2.23. The lowest BCUT2D eigenvalue weighted by Crippen LogP contribution is -2.34. The Hall–Kier alpha value is -2.25. The van der Waals surface area contributed by atoms with Gasteiger partial charge in [0, 0.05) is 6.20 Å². The highest BCUT2D eigenvalue weighted by molar-refractivity contribution is 6.35. The Morgan fingerprint density at radius 3 is 2.54 bits per heavy atom. The summed E-state index contributed by atoms with van der Waals surface area (Å²) in [6, 6.07) is 6.15. The van der Waals surface area contributed by atoms with Crippen LogP contribution in [0.4, 0.5) is 10.2 Å². The maximum absolute atomic E-state index is 13.3. The van der Waals surface area contributed by atoms with Crippen LogP contribution >= 0.6 is 11.6 Å². The smallest absolute Gasteiger partial charge is 0.241 e. The van der Waals surface area contributed by atoms with Gasteiger partial charge in [-0.3, -0.25) is 14.3 Å². The molecule has 4 atom stereocenters. The maximum Gasteiger partial charge on any atom is 0.241 e. The average Bonchev–Trinajstić information content (AvgIpc) is 3.33. The van der Waals surface area contributed by atoms with Gasteiger partial charge in [-0.15, -0.1) is 0 Å². The van der Waals surface area contributed by atoms with E-state index in [1.807, 2.05) is 0 Å². The summed E-state index contributed by atoms with van der Waals surface area (Å²) in [6.07, 6.45) is 2.79. The number of halogens is 2. The topological polar surface area (TPSA) is 64.4 Å². The molecule has 0 saturated carbocycles. The monoisotopic (exact) mass is 375 g/mol. The number of benzene rings is 1. The number of carbonyl (C=O) groups excluding carboxylic acids is 2. The average molecular weight is 376 g/mol. The number of hydrogen-bond acceptors (Lipinski definition) is 4. The lowest BCUT2D eigenvalue weighted by Gasteiger charge is -2.15. The minimum absolute atomic E-state index is 0.145. The van der Waals surface area contributed by atoms with Crippen LogP contribution in [0.5, 0.6) is 0 Å². The van der Waals surface area contributed by atoms with E-state index in [1.54, 1.807) is 18.3 Å². The van der Waals surface area contributed by atoms with Crippen molar-refractivity contribution < 1.29 is 18.7 Å². The van der Waals surface area contributed by atoms with Crippen LogP contribution in [-0.4, -0.2) is 33.8 Å². The summed E-state index contributed by atoms with van der Waals surface area (Å²) >= 11 is 6.26. The summed E-state index contributed by atoms with van der Waals surface area (Å²) in [5.74, 6) is -1.62. The zero-order valence-electron chi connectivity index (χ0n) is 13.6. The van der Waals surface area contributed by atoms with Gasteiger partial charge in [0.05, 0.1) is 30.6 Å². The van der Waals surface area contributed by atoms with Crippen molar-refractivity contribution in [3.8, 4) is 0 Å². The van der Waals surface area contributed by atoms with Crippen molar-refractivity contribution in [2.75, 3.05) is 4.90 Å². The number of rotatable bonds is 3. The zero-order chi connectivity index (χ0) is 18.0. The second-order valence-corrected chi connectivity index (χ2v) is 7.39. The summed E-state index contributed by atoms with van der Waals surface area (Å²) < 4.78 is 20.6. The van der Waals surface area contributed by atoms with Gasteiger partial charge in [-0.2, -0.15) is 5.10 Å². The van der Waals surface area contributed by atoms with Crippen molar-refractivity contribution in [3.63, 3.8) is 0 Å². The van der Waals surface area contributed by atoms with Gasteiger partial charge in [-0.05, 0) is 30.5 Å². The highest BCUT2D eigenvalue weighted by Gasteiger charge is 2.63. The molecule has 26 heavy (non-hydrogen) atoms. The molecule has 1 aromatic heterocycles. The first-order valence-electron chi connectivity index (χ1n) is 8.53. The molecule has 3 aliphatic rings. The normalized spacial score (nSPS) is 29.7. The number of aromatic nitrogens is 2. The number of nitrogens with zero attached hydrogens (tertiary/aromatic N) is 3. The summed E-state index contributed by atoms with van der Waals surface area (Å²) in [7, 11) is 0. The fraction of sp³-hybridized carbons (Fsp3) is 0.389. The van der Waals surface area contributed by atoms with Crippen molar-refractivity contribution in [3.05, 3.63) is 46.9 Å². The van der Waals surface area contributed by atoms with Crippen molar-refractivity contribution >= 4 is 29.2 Å². The molecular weight excluding hydrogens is 361 g/mol. The van der Waals surface area contributed by atoms with E-state index in [2.05, 4.69) is 5.10 Å². The van der Waals surface area contributed by atoms with Crippen LogP contribution < -0.4 is 4.90 Å². The van der Waals surface area contributed by atoms with Crippen LogP contribution in [0.25, 0.3) is 0 Å². The van der Waals surface area contributed by atoms with Crippen LogP contribution in [0.3, 0.4) is 0 Å². The molecule has 2 aromatic rings. The van der Waals surface area contributed by atoms with E-state index in [0.29, 0.717) is 5.56 Å².